The van der Waals surface area contributed by atoms with Crippen molar-refractivity contribution in [1.29, 1.82) is 0 Å². The van der Waals surface area contributed by atoms with Crippen molar-refractivity contribution in [3.8, 4) is 0 Å². The van der Waals surface area contributed by atoms with Gasteiger partial charge in [-0.15, -0.1) is 12.4 Å². The Bertz CT molecular complexity index is 330. The van der Waals surface area contributed by atoms with E-state index in [4.69, 9.17) is 0 Å². The van der Waals surface area contributed by atoms with Crippen LogP contribution in [0.4, 0.5) is 0 Å². The second-order valence-electron chi connectivity index (χ2n) is 3.77. The van der Waals surface area contributed by atoms with E-state index in [1.54, 1.807) is 18.6 Å². The van der Waals surface area contributed by atoms with Crippen molar-refractivity contribution in [2.75, 3.05) is 18.8 Å². The Morgan fingerprint density at radius 2 is 2.38 bits per heavy atom. The summed E-state index contributed by atoms with van der Waals surface area (Å²) in [7, 11) is -0.995. The van der Waals surface area contributed by atoms with Crippen molar-refractivity contribution in [3.05, 3.63) is 18.6 Å². The van der Waals surface area contributed by atoms with Crippen LogP contribution in [0.1, 0.15) is 12.8 Å². The minimum Gasteiger partial charge on any atom is -0.316 e. The molecule has 0 saturated carbocycles. The highest BCUT2D eigenvalue weighted by atomic mass is 35.5. The van der Waals surface area contributed by atoms with E-state index in [0.717, 1.165) is 13.1 Å². The lowest BCUT2D eigenvalue weighted by atomic mass is 10.0. The molecule has 0 bridgehead atoms. The fourth-order valence-corrected chi connectivity index (χ4v) is 3.01. The highest BCUT2D eigenvalue weighted by Crippen LogP contribution is 2.13. The monoisotopic (exact) mass is 261 g/mol. The number of piperidine rings is 1. The number of nitrogens with zero attached hydrogens (tertiary/aromatic N) is 2. The van der Waals surface area contributed by atoms with Crippen LogP contribution in [0.15, 0.2) is 23.6 Å². The zero-order chi connectivity index (χ0) is 10.5. The quantitative estimate of drug-likeness (QED) is 0.882. The molecule has 0 spiro atoms. The molecule has 90 valence electrons. The van der Waals surface area contributed by atoms with Crippen molar-refractivity contribution in [2.45, 2.75) is 17.9 Å². The number of aromatic nitrogens is 2. The summed E-state index contributed by atoms with van der Waals surface area (Å²) in [6.07, 6.45) is 7.13. The van der Waals surface area contributed by atoms with E-state index in [1.807, 2.05) is 0 Å². The lowest BCUT2D eigenvalue weighted by Crippen LogP contribution is -2.32. The van der Waals surface area contributed by atoms with Crippen molar-refractivity contribution in [2.24, 2.45) is 5.92 Å². The molecule has 0 amide bonds. The molecule has 2 heterocycles. The molecule has 0 aromatic carbocycles. The number of hydrogen-bond acceptors (Lipinski definition) is 4. The third-order valence-corrected chi connectivity index (χ3v) is 4.01. The van der Waals surface area contributed by atoms with Gasteiger partial charge in [0.1, 0.15) is 5.03 Å². The standard InChI is InChI=1S/C10H15N3OS.ClH/c14-15(10-7-12-4-5-13-10)8-9-2-1-3-11-6-9;/h4-5,7,9,11H,1-3,6,8H2;1H. The number of nitrogens with one attached hydrogen (secondary N) is 1. The molecule has 1 N–H and O–H groups in total. The SMILES string of the molecule is Cl.O=S(CC1CCCNC1)c1cnccn1. The van der Waals surface area contributed by atoms with Crippen LogP contribution in [0.2, 0.25) is 0 Å². The van der Waals surface area contributed by atoms with Crippen molar-refractivity contribution in [3.63, 3.8) is 0 Å². The van der Waals surface area contributed by atoms with Gasteiger partial charge in [0.2, 0.25) is 0 Å². The first-order valence-corrected chi connectivity index (χ1v) is 6.53. The molecule has 1 saturated heterocycles. The first-order valence-electron chi connectivity index (χ1n) is 5.21. The summed E-state index contributed by atoms with van der Waals surface area (Å²) in [6.45, 7) is 2.07. The maximum Gasteiger partial charge on any atom is 0.145 e. The Balaban J connectivity index is 0.00000128. The van der Waals surface area contributed by atoms with Crippen LogP contribution < -0.4 is 5.32 Å². The van der Waals surface area contributed by atoms with Gasteiger partial charge in [-0.05, 0) is 31.8 Å². The average Bonchev–Trinajstić information content (AvgIpc) is 2.31. The largest absolute Gasteiger partial charge is 0.316 e. The first kappa shape index (κ1) is 13.5. The third kappa shape index (κ3) is 3.81. The minimum absolute atomic E-state index is 0. The maximum absolute atomic E-state index is 11.9. The van der Waals surface area contributed by atoms with Gasteiger partial charge >= 0.3 is 0 Å². The average molecular weight is 262 g/mol. The van der Waals surface area contributed by atoms with Crippen LogP contribution in [-0.4, -0.2) is 33.0 Å². The molecule has 2 atom stereocenters. The van der Waals surface area contributed by atoms with Crippen LogP contribution >= 0.6 is 12.4 Å². The molecule has 6 heteroatoms. The smallest absolute Gasteiger partial charge is 0.145 e. The normalized spacial score (nSPS) is 22.1. The summed E-state index contributed by atoms with van der Waals surface area (Å²) < 4.78 is 11.9. The molecule has 1 aliphatic rings. The second-order valence-corrected chi connectivity index (χ2v) is 5.21. The van der Waals surface area contributed by atoms with Crippen LogP contribution in [0, 0.1) is 5.92 Å². The van der Waals surface area contributed by atoms with Crippen LogP contribution in [0.25, 0.3) is 0 Å². The van der Waals surface area contributed by atoms with E-state index < -0.39 is 10.8 Å². The van der Waals surface area contributed by atoms with E-state index in [-0.39, 0.29) is 12.4 Å². The van der Waals surface area contributed by atoms with E-state index in [0.29, 0.717) is 16.7 Å². The summed E-state index contributed by atoms with van der Waals surface area (Å²) in [4.78, 5) is 7.99. The zero-order valence-electron chi connectivity index (χ0n) is 8.96. The molecule has 2 rings (SSSR count). The van der Waals surface area contributed by atoms with Crippen LogP contribution in [0.5, 0.6) is 0 Å². The predicted molar refractivity (Wildman–Crippen MR) is 66.1 cm³/mol. The summed E-state index contributed by atoms with van der Waals surface area (Å²) in [5, 5.41) is 3.92. The van der Waals surface area contributed by atoms with E-state index in [2.05, 4.69) is 15.3 Å². The minimum atomic E-state index is -0.995. The number of halogens is 1. The highest BCUT2D eigenvalue weighted by Gasteiger charge is 2.17. The molecule has 1 aliphatic heterocycles. The van der Waals surface area contributed by atoms with Crippen molar-refractivity contribution >= 4 is 23.2 Å². The molecular weight excluding hydrogens is 246 g/mol. The number of rotatable bonds is 3. The fraction of sp³-hybridized carbons (Fsp3) is 0.600. The maximum atomic E-state index is 11.9. The topological polar surface area (TPSA) is 54.9 Å². The first-order chi connectivity index (χ1) is 7.36. The molecule has 1 aromatic rings. The molecule has 2 unspecified atom stereocenters. The molecule has 0 aliphatic carbocycles. The highest BCUT2D eigenvalue weighted by molar-refractivity contribution is 7.84. The number of hydrogen-bond donors (Lipinski definition) is 1. The van der Waals surface area contributed by atoms with E-state index in [1.165, 1.54) is 12.8 Å². The molecule has 1 aromatic heterocycles. The molecular formula is C10H16ClN3OS. The van der Waals surface area contributed by atoms with Gasteiger partial charge in [-0.25, -0.2) is 4.98 Å². The summed E-state index contributed by atoms with van der Waals surface area (Å²) in [6, 6.07) is 0. The third-order valence-electron chi connectivity index (χ3n) is 2.56. The van der Waals surface area contributed by atoms with Crippen molar-refractivity contribution < 1.29 is 4.21 Å². The fourth-order valence-electron chi connectivity index (χ4n) is 1.77. The Kier molecular flexibility index (Phi) is 5.87. The van der Waals surface area contributed by atoms with E-state index >= 15 is 0 Å². The van der Waals surface area contributed by atoms with Gasteiger partial charge in [0.15, 0.2) is 0 Å². The Morgan fingerprint density at radius 3 is 3.00 bits per heavy atom. The Morgan fingerprint density at radius 1 is 1.50 bits per heavy atom. The van der Waals surface area contributed by atoms with Gasteiger partial charge < -0.3 is 5.32 Å². The molecule has 4 nitrogen and oxygen atoms in total. The lowest BCUT2D eigenvalue weighted by Gasteiger charge is -2.21. The Labute approximate surface area is 104 Å². The zero-order valence-corrected chi connectivity index (χ0v) is 10.6. The predicted octanol–water partition coefficient (Wildman–Crippen LogP) is 1.01. The summed E-state index contributed by atoms with van der Waals surface area (Å²) >= 11 is 0. The van der Waals surface area contributed by atoms with Crippen molar-refractivity contribution in [1.82, 2.24) is 15.3 Å². The van der Waals surface area contributed by atoms with Crippen LogP contribution in [-0.2, 0) is 10.8 Å². The summed E-state index contributed by atoms with van der Waals surface area (Å²) in [5.41, 5.74) is 0. The lowest BCUT2D eigenvalue weighted by molar-refractivity contribution is 0.408. The van der Waals surface area contributed by atoms with Gasteiger partial charge in [0.25, 0.3) is 0 Å². The second kappa shape index (κ2) is 6.93. The van der Waals surface area contributed by atoms with Gasteiger partial charge in [-0.2, -0.15) is 0 Å². The van der Waals surface area contributed by atoms with E-state index in [9.17, 15) is 4.21 Å². The van der Waals surface area contributed by atoms with Crippen LogP contribution in [0.3, 0.4) is 0 Å². The van der Waals surface area contributed by atoms with Gasteiger partial charge in [0, 0.05) is 18.1 Å². The van der Waals surface area contributed by atoms with Gasteiger partial charge in [0.05, 0.1) is 17.0 Å². The molecule has 1 fully saturated rings. The molecule has 16 heavy (non-hydrogen) atoms. The summed E-state index contributed by atoms with van der Waals surface area (Å²) in [5.74, 6) is 1.22. The molecule has 0 radical (unpaired) electrons. The van der Waals surface area contributed by atoms with Gasteiger partial charge in [-0.3, -0.25) is 9.19 Å². The Hall–Kier alpha value is -0.520. The van der Waals surface area contributed by atoms with Gasteiger partial charge in [-0.1, -0.05) is 0 Å².